The molecule has 1 aromatic carbocycles. The molecular weight excluding hydrogens is 228 g/mol. The number of nitro benzene ring substituents is 1. The maximum atomic E-state index is 10.9. The van der Waals surface area contributed by atoms with Gasteiger partial charge in [-0.3, -0.25) is 10.1 Å². The number of nitrogens with zero attached hydrogens (tertiary/aromatic N) is 1. The topological polar surface area (TPSA) is 55.2 Å². The van der Waals surface area contributed by atoms with Crippen LogP contribution in [0.5, 0.6) is 0 Å². The fraction of sp³-hybridized carbons (Fsp3) is 0.571. The first-order chi connectivity index (χ1) is 8.63. The van der Waals surface area contributed by atoms with Crippen LogP contribution in [-0.4, -0.2) is 18.0 Å². The van der Waals surface area contributed by atoms with Crippen molar-refractivity contribution in [1.82, 2.24) is 5.32 Å². The van der Waals surface area contributed by atoms with E-state index >= 15 is 0 Å². The molecule has 1 aliphatic carbocycles. The molecule has 0 amide bonds. The first-order valence-corrected chi connectivity index (χ1v) is 6.53. The number of hydrogen-bond donors (Lipinski definition) is 1. The van der Waals surface area contributed by atoms with Crippen molar-refractivity contribution in [2.45, 2.75) is 38.6 Å². The highest BCUT2D eigenvalue weighted by molar-refractivity contribution is 5.44. The van der Waals surface area contributed by atoms with E-state index in [4.69, 9.17) is 0 Å². The van der Waals surface area contributed by atoms with E-state index in [1.54, 1.807) is 12.1 Å². The average Bonchev–Trinajstić information content (AvgIpc) is 3.16. The lowest BCUT2D eigenvalue weighted by Gasteiger charge is -2.15. The molecule has 1 unspecified atom stereocenters. The largest absolute Gasteiger partial charge is 0.317 e. The molecule has 1 N–H and O–H groups in total. The van der Waals surface area contributed by atoms with Crippen LogP contribution in [0, 0.1) is 23.0 Å². The molecule has 0 bridgehead atoms. The molecular formula is C14H20N2O2. The van der Waals surface area contributed by atoms with E-state index in [0.717, 1.165) is 29.9 Å². The van der Waals surface area contributed by atoms with Crippen molar-refractivity contribution in [1.29, 1.82) is 0 Å². The normalized spacial score (nSPS) is 16.6. The van der Waals surface area contributed by atoms with Gasteiger partial charge in [-0.25, -0.2) is 0 Å². The van der Waals surface area contributed by atoms with Gasteiger partial charge in [0.2, 0.25) is 0 Å². The van der Waals surface area contributed by atoms with Crippen molar-refractivity contribution in [3.63, 3.8) is 0 Å². The van der Waals surface area contributed by atoms with E-state index in [9.17, 15) is 10.1 Å². The van der Waals surface area contributed by atoms with Crippen LogP contribution in [0.1, 0.15) is 30.4 Å². The van der Waals surface area contributed by atoms with Gasteiger partial charge in [-0.15, -0.1) is 0 Å². The quantitative estimate of drug-likeness (QED) is 0.622. The second kappa shape index (κ2) is 5.48. The Kier molecular flexibility index (Phi) is 3.97. The molecule has 0 aromatic heterocycles. The molecule has 2 rings (SSSR count). The average molecular weight is 248 g/mol. The van der Waals surface area contributed by atoms with Crippen LogP contribution in [0.3, 0.4) is 0 Å². The summed E-state index contributed by atoms with van der Waals surface area (Å²) in [4.78, 5) is 10.6. The minimum Gasteiger partial charge on any atom is -0.317 e. The Morgan fingerprint density at radius 1 is 1.50 bits per heavy atom. The Morgan fingerprint density at radius 3 is 2.78 bits per heavy atom. The van der Waals surface area contributed by atoms with E-state index in [1.807, 2.05) is 20.0 Å². The predicted octanol–water partition coefficient (Wildman–Crippen LogP) is 2.83. The second-order valence-corrected chi connectivity index (χ2v) is 5.09. The Hall–Kier alpha value is -1.42. The van der Waals surface area contributed by atoms with Crippen LogP contribution in [0.15, 0.2) is 18.2 Å². The zero-order valence-corrected chi connectivity index (χ0v) is 11.0. The summed E-state index contributed by atoms with van der Waals surface area (Å²) in [6, 6.07) is 5.92. The second-order valence-electron chi connectivity index (χ2n) is 5.09. The molecule has 1 aromatic rings. The minimum atomic E-state index is -0.296. The van der Waals surface area contributed by atoms with Crippen LogP contribution in [0.2, 0.25) is 0 Å². The first kappa shape index (κ1) is 13.0. The Balaban J connectivity index is 2.04. The molecule has 98 valence electrons. The third-order valence-corrected chi connectivity index (χ3v) is 3.90. The number of benzene rings is 1. The Labute approximate surface area is 108 Å². The number of nitro groups is 1. The van der Waals surface area contributed by atoms with Gasteiger partial charge in [-0.2, -0.15) is 0 Å². The molecule has 18 heavy (non-hydrogen) atoms. The molecule has 0 spiro atoms. The number of aryl methyl sites for hydroxylation is 1. The van der Waals surface area contributed by atoms with E-state index < -0.39 is 0 Å². The van der Waals surface area contributed by atoms with E-state index in [-0.39, 0.29) is 10.6 Å². The molecule has 1 saturated carbocycles. The van der Waals surface area contributed by atoms with Gasteiger partial charge in [-0.1, -0.05) is 12.1 Å². The third-order valence-electron chi connectivity index (χ3n) is 3.90. The number of hydrogen-bond acceptors (Lipinski definition) is 3. The molecule has 4 nitrogen and oxygen atoms in total. The molecule has 0 radical (unpaired) electrons. The van der Waals surface area contributed by atoms with Gasteiger partial charge < -0.3 is 5.32 Å². The SMILES string of the molecule is CNC(CCc1cccc([N+](=O)[O-])c1C)C1CC1. The van der Waals surface area contributed by atoms with Gasteiger partial charge >= 0.3 is 0 Å². The van der Waals surface area contributed by atoms with Gasteiger partial charge in [0.15, 0.2) is 0 Å². The summed E-state index contributed by atoms with van der Waals surface area (Å²) in [7, 11) is 2.00. The van der Waals surface area contributed by atoms with Crippen molar-refractivity contribution < 1.29 is 4.92 Å². The predicted molar refractivity (Wildman–Crippen MR) is 71.7 cm³/mol. The van der Waals surface area contributed by atoms with E-state index in [0.29, 0.717) is 6.04 Å². The monoisotopic (exact) mass is 248 g/mol. The highest BCUT2D eigenvalue weighted by Gasteiger charge is 2.29. The van der Waals surface area contributed by atoms with Crippen LogP contribution < -0.4 is 5.32 Å². The zero-order valence-electron chi connectivity index (χ0n) is 11.0. The molecule has 4 heteroatoms. The van der Waals surface area contributed by atoms with Gasteiger partial charge in [0.1, 0.15) is 0 Å². The summed E-state index contributed by atoms with van der Waals surface area (Å²) in [5.74, 6) is 0.814. The molecule has 1 atom stereocenters. The summed E-state index contributed by atoms with van der Waals surface area (Å²) in [5, 5.41) is 14.2. The lowest BCUT2D eigenvalue weighted by Crippen LogP contribution is -2.27. The van der Waals surface area contributed by atoms with Crippen LogP contribution >= 0.6 is 0 Å². The highest BCUT2D eigenvalue weighted by atomic mass is 16.6. The Morgan fingerprint density at radius 2 is 2.22 bits per heavy atom. The summed E-state index contributed by atoms with van der Waals surface area (Å²) >= 11 is 0. The van der Waals surface area contributed by atoms with E-state index in [1.165, 1.54) is 12.8 Å². The van der Waals surface area contributed by atoms with Crippen LogP contribution in [0.4, 0.5) is 5.69 Å². The van der Waals surface area contributed by atoms with Gasteiger partial charge in [0.25, 0.3) is 5.69 Å². The standard InChI is InChI=1S/C14H20N2O2/c1-10-11(4-3-5-14(10)16(17)18)8-9-13(15-2)12-6-7-12/h3-5,12-13,15H,6-9H2,1-2H3. The number of nitrogens with one attached hydrogen (secondary N) is 1. The molecule has 1 aliphatic rings. The smallest absolute Gasteiger partial charge is 0.272 e. The lowest BCUT2D eigenvalue weighted by molar-refractivity contribution is -0.385. The summed E-state index contributed by atoms with van der Waals surface area (Å²) in [5.41, 5.74) is 2.15. The summed E-state index contributed by atoms with van der Waals surface area (Å²) in [6.45, 7) is 1.85. The van der Waals surface area contributed by atoms with Gasteiger partial charge in [0.05, 0.1) is 4.92 Å². The van der Waals surface area contributed by atoms with Crippen molar-refractivity contribution in [3.05, 3.63) is 39.4 Å². The zero-order chi connectivity index (χ0) is 13.1. The van der Waals surface area contributed by atoms with Crippen LogP contribution in [0.25, 0.3) is 0 Å². The summed E-state index contributed by atoms with van der Waals surface area (Å²) < 4.78 is 0. The van der Waals surface area contributed by atoms with Crippen molar-refractivity contribution in [3.8, 4) is 0 Å². The van der Waals surface area contributed by atoms with Gasteiger partial charge in [-0.05, 0) is 51.1 Å². The molecule has 0 saturated heterocycles. The molecule has 0 aliphatic heterocycles. The first-order valence-electron chi connectivity index (χ1n) is 6.53. The summed E-state index contributed by atoms with van der Waals surface area (Å²) in [6.07, 6.45) is 4.61. The fourth-order valence-corrected chi connectivity index (χ4v) is 2.56. The third kappa shape index (κ3) is 2.88. The van der Waals surface area contributed by atoms with Crippen LogP contribution in [-0.2, 0) is 6.42 Å². The maximum Gasteiger partial charge on any atom is 0.272 e. The Bertz CT molecular complexity index is 441. The molecule has 0 heterocycles. The van der Waals surface area contributed by atoms with Crippen molar-refractivity contribution in [2.24, 2.45) is 5.92 Å². The maximum absolute atomic E-state index is 10.9. The van der Waals surface area contributed by atoms with Gasteiger partial charge in [0, 0.05) is 17.7 Å². The van der Waals surface area contributed by atoms with Crippen molar-refractivity contribution in [2.75, 3.05) is 7.05 Å². The molecule has 1 fully saturated rings. The lowest BCUT2D eigenvalue weighted by atomic mass is 9.98. The highest BCUT2D eigenvalue weighted by Crippen LogP contribution is 2.34. The number of rotatable bonds is 6. The fourth-order valence-electron chi connectivity index (χ4n) is 2.56. The van der Waals surface area contributed by atoms with Crippen molar-refractivity contribution >= 4 is 5.69 Å². The van der Waals surface area contributed by atoms with E-state index in [2.05, 4.69) is 5.32 Å². The minimum absolute atomic E-state index is 0.236.